The van der Waals surface area contributed by atoms with E-state index in [2.05, 4.69) is 26.0 Å². The molecule has 0 radical (unpaired) electrons. The number of benzene rings is 2. The minimum Gasteiger partial charge on any atom is -0.348 e. The zero-order chi connectivity index (χ0) is 17.7. The molecule has 2 aromatic rings. The molecule has 7 heteroatoms. The number of amides is 1. The first-order chi connectivity index (χ1) is 11.3. The average Bonchev–Trinajstić information content (AvgIpc) is 2.55. The molecular formula is C17H19BrN2O3S. The molecule has 0 heterocycles. The molecular weight excluding hydrogens is 392 g/mol. The Balaban J connectivity index is 2.02. The van der Waals surface area contributed by atoms with E-state index in [0.717, 1.165) is 10.0 Å². The summed E-state index contributed by atoms with van der Waals surface area (Å²) in [7, 11) is -3.75. The second-order valence-corrected chi connectivity index (χ2v) is 8.07. The van der Waals surface area contributed by atoms with Crippen LogP contribution in [0.15, 0.2) is 64.0 Å². The predicted molar refractivity (Wildman–Crippen MR) is 96.9 cm³/mol. The van der Waals surface area contributed by atoms with Gasteiger partial charge in [-0.05, 0) is 43.7 Å². The van der Waals surface area contributed by atoms with Crippen molar-refractivity contribution >= 4 is 31.9 Å². The highest BCUT2D eigenvalue weighted by molar-refractivity contribution is 9.10. The Hall–Kier alpha value is -1.70. The first-order valence-corrected chi connectivity index (χ1v) is 9.70. The van der Waals surface area contributed by atoms with Gasteiger partial charge in [0.25, 0.3) is 0 Å². The smallest absolute Gasteiger partial charge is 0.241 e. The van der Waals surface area contributed by atoms with E-state index in [9.17, 15) is 13.2 Å². The minimum atomic E-state index is -3.75. The van der Waals surface area contributed by atoms with Crippen LogP contribution in [0.4, 0.5) is 0 Å². The highest BCUT2D eigenvalue weighted by Gasteiger charge is 2.23. The normalized spacial score (nSPS) is 14.0. The van der Waals surface area contributed by atoms with Gasteiger partial charge in [0.05, 0.1) is 17.0 Å². The first kappa shape index (κ1) is 18.6. The molecule has 0 saturated heterocycles. The molecule has 0 fully saturated rings. The number of halogens is 1. The van der Waals surface area contributed by atoms with Crippen LogP contribution in [0.5, 0.6) is 0 Å². The fourth-order valence-electron chi connectivity index (χ4n) is 2.13. The Morgan fingerprint density at radius 3 is 2.17 bits per heavy atom. The van der Waals surface area contributed by atoms with Gasteiger partial charge in [0.15, 0.2) is 0 Å². The van der Waals surface area contributed by atoms with Crippen LogP contribution in [0, 0.1) is 0 Å². The number of rotatable bonds is 6. The second kappa shape index (κ2) is 7.92. The lowest BCUT2D eigenvalue weighted by Gasteiger charge is -2.19. The number of carbonyl (C=O) groups is 1. The molecule has 2 atom stereocenters. The molecule has 2 rings (SSSR count). The molecule has 24 heavy (non-hydrogen) atoms. The summed E-state index contributed by atoms with van der Waals surface area (Å²) in [5.74, 6) is -0.382. The van der Waals surface area contributed by atoms with Crippen LogP contribution in [-0.2, 0) is 14.8 Å². The van der Waals surface area contributed by atoms with Gasteiger partial charge in [-0.3, -0.25) is 4.79 Å². The summed E-state index contributed by atoms with van der Waals surface area (Å²) < 4.78 is 27.8. The zero-order valence-electron chi connectivity index (χ0n) is 13.4. The largest absolute Gasteiger partial charge is 0.348 e. The van der Waals surface area contributed by atoms with Crippen molar-refractivity contribution in [2.75, 3.05) is 0 Å². The van der Waals surface area contributed by atoms with Crippen LogP contribution < -0.4 is 10.0 Å². The maximum atomic E-state index is 12.3. The maximum absolute atomic E-state index is 12.3. The summed E-state index contributed by atoms with van der Waals surface area (Å²) in [4.78, 5) is 12.4. The van der Waals surface area contributed by atoms with Crippen molar-refractivity contribution in [3.8, 4) is 0 Å². The highest BCUT2D eigenvalue weighted by atomic mass is 79.9. The third-order valence-electron chi connectivity index (χ3n) is 3.51. The van der Waals surface area contributed by atoms with E-state index in [1.165, 1.54) is 19.1 Å². The SMILES string of the molecule is C[C@H](NC(=O)[C@@H](C)NS(=O)(=O)c1ccc(Br)cc1)c1ccccc1. The van der Waals surface area contributed by atoms with Gasteiger partial charge in [-0.25, -0.2) is 8.42 Å². The fourth-order valence-corrected chi connectivity index (χ4v) is 3.60. The monoisotopic (exact) mass is 410 g/mol. The number of nitrogens with one attached hydrogen (secondary N) is 2. The number of hydrogen-bond donors (Lipinski definition) is 2. The summed E-state index contributed by atoms with van der Waals surface area (Å²) in [6.07, 6.45) is 0. The van der Waals surface area contributed by atoms with E-state index in [1.54, 1.807) is 12.1 Å². The van der Waals surface area contributed by atoms with Crippen LogP contribution in [0.3, 0.4) is 0 Å². The van der Waals surface area contributed by atoms with E-state index in [4.69, 9.17) is 0 Å². The lowest BCUT2D eigenvalue weighted by molar-refractivity contribution is -0.123. The van der Waals surface area contributed by atoms with Crippen LogP contribution in [0.1, 0.15) is 25.5 Å². The molecule has 2 aromatic carbocycles. The van der Waals surface area contributed by atoms with E-state index in [-0.39, 0.29) is 16.8 Å². The topological polar surface area (TPSA) is 75.3 Å². The van der Waals surface area contributed by atoms with Gasteiger partial charge in [0, 0.05) is 4.47 Å². The molecule has 0 spiro atoms. The molecule has 0 bridgehead atoms. The predicted octanol–water partition coefficient (Wildman–Crippen LogP) is 2.99. The molecule has 5 nitrogen and oxygen atoms in total. The zero-order valence-corrected chi connectivity index (χ0v) is 15.8. The summed E-state index contributed by atoms with van der Waals surface area (Å²) >= 11 is 3.26. The van der Waals surface area contributed by atoms with Gasteiger partial charge in [0.2, 0.25) is 15.9 Å². The Morgan fingerprint density at radius 1 is 1.00 bits per heavy atom. The Kier molecular flexibility index (Phi) is 6.15. The van der Waals surface area contributed by atoms with E-state index < -0.39 is 16.1 Å². The maximum Gasteiger partial charge on any atom is 0.241 e. The van der Waals surface area contributed by atoms with Crippen molar-refractivity contribution in [2.24, 2.45) is 0 Å². The van der Waals surface area contributed by atoms with Crippen molar-refractivity contribution < 1.29 is 13.2 Å². The number of hydrogen-bond acceptors (Lipinski definition) is 3. The molecule has 0 saturated carbocycles. The molecule has 0 aliphatic rings. The Morgan fingerprint density at radius 2 is 1.58 bits per heavy atom. The van der Waals surface area contributed by atoms with E-state index in [1.807, 2.05) is 37.3 Å². The summed E-state index contributed by atoms with van der Waals surface area (Å²) in [5, 5.41) is 2.81. The van der Waals surface area contributed by atoms with E-state index >= 15 is 0 Å². The Labute approximate surface area is 150 Å². The third kappa shape index (κ3) is 4.90. The standard InChI is InChI=1S/C17H19BrN2O3S/c1-12(14-6-4-3-5-7-14)19-17(21)13(2)20-24(22,23)16-10-8-15(18)9-11-16/h3-13,20H,1-2H3,(H,19,21)/t12-,13+/m0/s1. The van der Waals surface area contributed by atoms with Gasteiger partial charge in [-0.1, -0.05) is 46.3 Å². The van der Waals surface area contributed by atoms with Crippen molar-refractivity contribution in [1.29, 1.82) is 0 Å². The average molecular weight is 411 g/mol. The lowest BCUT2D eigenvalue weighted by Crippen LogP contribution is -2.45. The lowest BCUT2D eigenvalue weighted by atomic mass is 10.1. The van der Waals surface area contributed by atoms with Crippen LogP contribution in [0.2, 0.25) is 0 Å². The van der Waals surface area contributed by atoms with Crippen LogP contribution in [0.25, 0.3) is 0 Å². The third-order valence-corrected chi connectivity index (χ3v) is 5.59. The quantitative estimate of drug-likeness (QED) is 0.768. The highest BCUT2D eigenvalue weighted by Crippen LogP contribution is 2.15. The number of sulfonamides is 1. The molecule has 0 aromatic heterocycles. The van der Waals surface area contributed by atoms with Gasteiger partial charge in [-0.2, -0.15) is 4.72 Å². The van der Waals surface area contributed by atoms with Crippen molar-refractivity contribution in [3.05, 3.63) is 64.6 Å². The van der Waals surface area contributed by atoms with Gasteiger partial charge in [0.1, 0.15) is 0 Å². The summed E-state index contributed by atoms with van der Waals surface area (Å²) in [6, 6.07) is 14.6. The van der Waals surface area contributed by atoms with Gasteiger partial charge in [-0.15, -0.1) is 0 Å². The van der Waals surface area contributed by atoms with Gasteiger partial charge < -0.3 is 5.32 Å². The molecule has 2 N–H and O–H groups in total. The van der Waals surface area contributed by atoms with Crippen LogP contribution in [-0.4, -0.2) is 20.4 Å². The number of carbonyl (C=O) groups excluding carboxylic acids is 1. The van der Waals surface area contributed by atoms with Crippen molar-refractivity contribution in [1.82, 2.24) is 10.0 Å². The minimum absolute atomic E-state index is 0.112. The van der Waals surface area contributed by atoms with E-state index in [0.29, 0.717) is 0 Å². The van der Waals surface area contributed by atoms with Gasteiger partial charge >= 0.3 is 0 Å². The summed E-state index contributed by atoms with van der Waals surface area (Å²) in [5.41, 5.74) is 0.953. The second-order valence-electron chi connectivity index (χ2n) is 5.44. The molecule has 0 aliphatic heterocycles. The fraction of sp³-hybridized carbons (Fsp3) is 0.235. The van der Waals surface area contributed by atoms with Crippen molar-refractivity contribution in [3.63, 3.8) is 0 Å². The first-order valence-electron chi connectivity index (χ1n) is 7.43. The van der Waals surface area contributed by atoms with Crippen molar-refractivity contribution in [2.45, 2.75) is 30.8 Å². The molecule has 0 aliphatic carbocycles. The molecule has 128 valence electrons. The summed E-state index contributed by atoms with van der Waals surface area (Å²) in [6.45, 7) is 3.37. The van der Waals surface area contributed by atoms with Crippen LogP contribution >= 0.6 is 15.9 Å². The Bertz CT molecular complexity index is 792. The molecule has 0 unspecified atom stereocenters. The molecule has 1 amide bonds.